The first-order valence-corrected chi connectivity index (χ1v) is 8.19. The van der Waals surface area contributed by atoms with Crippen molar-refractivity contribution in [3.05, 3.63) is 48.0 Å². The molecule has 2 aliphatic rings. The Balaban J connectivity index is 1.35. The number of nitrogens with zero attached hydrogens (tertiary/aromatic N) is 4. The number of aromatic nitrogens is 1. The van der Waals surface area contributed by atoms with Crippen LogP contribution in [-0.4, -0.2) is 42.0 Å². The number of rotatable bonds is 3. The molecule has 1 amide bonds. The molecule has 4 rings (SSSR count). The standard InChI is InChI=1S/C18H18N4O2/c19-12-13-3-4-20-17(10-13)21-5-7-22(8-6-21)18(23)15-11-14(15)16-2-1-9-24-16/h1-4,9-10,14-15H,5-8,11H2/t14-,15-/m0/s1. The third-order valence-electron chi connectivity index (χ3n) is 4.81. The lowest BCUT2D eigenvalue weighted by Gasteiger charge is -2.35. The molecule has 0 unspecified atom stereocenters. The molecule has 0 radical (unpaired) electrons. The van der Waals surface area contributed by atoms with Crippen molar-refractivity contribution >= 4 is 11.7 Å². The first-order chi connectivity index (χ1) is 11.8. The van der Waals surface area contributed by atoms with Crippen LogP contribution in [0, 0.1) is 17.2 Å². The zero-order valence-electron chi connectivity index (χ0n) is 13.3. The molecule has 6 heteroatoms. The summed E-state index contributed by atoms with van der Waals surface area (Å²) in [4.78, 5) is 21.0. The molecule has 6 nitrogen and oxygen atoms in total. The van der Waals surface area contributed by atoms with E-state index in [1.54, 1.807) is 24.6 Å². The summed E-state index contributed by atoms with van der Waals surface area (Å²) < 4.78 is 5.41. The van der Waals surface area contributed by atoms with Gasteiger partial charge in [-0.05, 0) is 30.7 Å². The van der Waals surface area contributed by atoms with Gasteiger partial charge in [0.05, 0.1) is 17.9 Å². The van der Waals surface area contributed by atoms with Crippen LogP contribution in [0.4, 0.5) is 5.82 Å². The molecule has 1 saturated heterocycles. The van der Waals surface area contributed by atoms with Crippen molar-refractivity contribution in [3.63, 3.8) is 0 Å². The number of hydrogen-bond acceptors (Lipinski definition) is 5. The highest BCUT2D eigenvalue weighted by molar-refractivity contribution is 5.83. The van der Waals surface area contributed by atoms with Crippen LogP contribution in [0.3, 0.4) is 0 Å². The number of carbonyl (C=O) groups excluding carboxylic acids is 1. The number of piperazine rings is 1. The second-order valence-corrected chi connectivity index (χ2v) is 6.29. The Bertz CT molecular complexity index is 773. The SMILES string of the molecule is N#Cc1ccnc(N2CCN(C(=O)[C@H]3C[C@@H]3c3ccco3)CC2)c1. The van der Waals surface area contributed by atoms with E-state index in [-0.39, 0.29) is 17.7 Å². The maximum absolute atomic E-state index is 12.6. The van der Waals surface area contributed by atoms with Gasteiger partial charge in [0, 0.05) is 44.2 Å². The van der Waals surface area contributed by atoms with Crippen molar-refractivity contribution in [2.75, 3.05) is 31.1 Å². The second kappa shape index (κ2) is 6.00. The maximum Gasteiger partial charge on any atom is 0.226 e. The molecule has 24 heavy (non-hydrogen) atoms. The first kappa shape index (κ1) is 14.8. The number of furan rings is 1. The number of nitriles is 1. The predicted octanol–water partition coefficient (Wildman–Crippen LogP) is 2.00. The van der Waals surface area contributed by atoms with Crippen LogP contribution in [0.25, 0.3) is 0 Å². The summed E-state index contributed by atoms with van der Waals surface area (Å²) in [6, 6.07) is 9.45. The lowest BCUT2D eigenvalue weighted by Crippen LogP contribution is -2.49. The Morgan fingerprint density at radius 3 is 2.83 bits per heavy atom. The summed E-state index contributed by atoms with van der Waals surface area (Å²) in [6.07, 6.45) is 4.21. The third kappa shape index (κ3) is 2.73. The molecule has 2 fully saturated rings. The minimum atomic E-state index is 0.0720. The van der Waals surface area contributed by atoms with E-state index in [2.05, 4.69) is 16.0 Å². The number of carbonyl (C=O) groups is 1. The highest BCUT2D eigenvalue weighted by Crippen LogP contribution is 2.48. The third-order valence-corrected chi connectivity index (χ3v) is 4.81. The second-order valence-electron chi connectivity index (χ2n) is 6.29. The summed E-state index contributed by atoms with van der Waals surface area (Å²) >= 11 is 0. The summed E-state index contributed by atoms with van der Waals surface area (Å²) in [7, 11) is 0. The van der Waals surface area contributed by atoms with Gasteiger partial charge in [0.2, 0.25) is 5.91 Å². The van der Waals surface area contributed by atoms with Gasteiger partial charge in [-0.15, -0.1) is 0 Å². The fourth-order valence-corrected chi connectivity index (χ4v) is 3.34. The first-order valence-electron chi connectivity index (χ1n) is 8.19. The molecule has 1 aliphatic heterocycles. The molecule has 1 aliphatic carbocycles. The lowest BCUT2D eigenvalue weighted by molar-refractivity contribution is -0.133. The van der Waals surface area contributed by atoms with Crippen LogP contribution in [0.15, 0.2) is 41.1 Å². The van der Waals surface area contributed by atoms with Crippen LogP contribution in [0.1, 0.15) is 23.7 Å². The Morgan fingerprint density at radius 2 is 2.12 bits per heavy atom. The smallest absolute Gasteiger partial charge is 0.226 e. The summed E-state index contributed by atoms with van der Waals surface area (Å²) in [5.41, 5.74) is 0.609. The minimum absolute atomic E-state index is 0.0720. The van der Waals surface area contributed by atoms with Crippen LogP contribution in [0.5, 0.6) is 0 Å². The van der Waals surface area contributed by atoms with Gasteiger partial charge in [-0.25, -0.2) is 4.98 Å². The lowest BCUT2D eigenvalue weighted by atomic mass is 10.2. The zero-order valence-corrected chi connectivity index (χ0v) is 13.3. The van der Waals surface area contributed by atoms with Gasteiger partial charge >= 0.3 is 0 Å². The van der Waals surface area contributed by atoms with Crippen molar-refractivity contribution in [2.24, 2.45) is 5.92 Å². The Labute approximate surface area is 140 Å². The molecule has 3 heterocycles. The Hall–Kier alpha value is -2.81. The van der Waals surface area contributed by atoms with E-state index >= 15 is 0 Å². The number of pyridine rings is 1. The molecule has 0 spiro atoms. The maximum atomic E-state index is 12.6. The van der Waals surface area contributed by atoms with Crippen LogP contribution < -0.4 is 4.90 Å². The van der Waals surface area contributed by atoms with Gasteiger partial charge in [0.15, 0.2) is 0 Å². The van der Waals surface area contributed by atoms with Gasteiger partial charge in [0.25, 0.3) is 0 Å². The molecule has 2 aromatic rings. The van der Waals surface area contributed by atoms with Crippen molar-refractivity contribution in [3.8, 4) is 6.07 Å². The van der Waals surface area contributed by atoms with Gasteiger partial charge in [-0.3, -0.25) is 4.79 Å². The summed E-state index contributed by atoms with van der Waals surface area (Å²) in [5, 5.41) is 8.99. The van der Waals surface area contributed by atoms with Crippen molar-refractivity contribution in [2.45, 2.75) is 12.3 Å². The predicted molar refractivity (Wildman–Crippen MR) is 87.3 cm³/mol. The van der Waals surface area contributed by atoms with E-state index in [0.717, 1.165) is 31.1 Å². The van der Waals surface area contributed by atoms with Crippen molar-refractivity contribution < 1.29 is 9.21 Å². The zero-order chi connectivity index (χ0) is 16.5. The van der Waals surface area contributed by atoms with Gasteiger partial charge in [0.1, 0.15) is 11.6 Å². The monoisotopic (exact) mass is 322 g/mol. The molecular formula is C18H18N4O2. The average molecular weight is 322 g/mol. The molecular weight excluding hydrogens is 304 g/mol. The minimum Gasteiger partial charge on any atom is -0.469 e. The van der Waals surface area contributed by atoms with Gasteiger partial charge in [-0.2, -0.15) is 5.26 Å². The van der Waals surface area contributed by atoms with E-state index in [0.29, 0.717) is 18.7 Å². The summed E-state index contributed by atoms with van der Waals surface area (Å²) in [6.45, 7) is 2.87. The Morgan fingerprint density at radius 1 is 1.29 bits per heavy atom. The van der Waals surface area contributed by atoms with E-state index in [1.165, 1.54) is 0 Å². The fraction of sp³-hybridized carbons (Fsp3) is 0.389. The largest absolute Gasteiger partial charge is 0.469 e. The van der Waals surface area contributed by atoms with E-state index in [1.807, 2.05) is 17.0 Å². The van der Waals surface area contributed by atoms with Crippen LogP contribution >= 0.6 is 0 Å². The quantitative estimate of drug-likeness (QED) is 0.864. The molecule has 1 saturated carbocycles. The fourth-order valence-electron chi connectivity index (χ4n) is 3.34. The Kier molecular flexibility index (Phi) is 3.69. The molecule has 0 N–H and O–H groups in total. The number of anilines is 1. The van der Waals surface area contributed by atoms with E-state index < -0.39 is 0 Å². The van der Waals surface area contributed by atoms with Crippen molar-refractivity contribution in [1.29, 1.82) is 5.26 Å². The molecule has 122 valence electrons. The highest BCUT2D eigenvalue weighted by atomic mass is 16.3. The molecule has 2 atom stereocenters. The number of hydrogen-bond donors (Lipinski definition) is 0. The molecule has 2 aromatic heterocycles. The average Bonchev–Trinajstić information content (AvgIpc) is 3.26. The van der Waals surface area contributed by atoms with Crippen LogP contribution in [0.2, 0.25) is 0 Å². The topological polar surface area (TPSA) is 73.4 Å². The van der Waals surface area contributed by atoms with Crippen LogP contribution in [-0.2, 0) is 4.79 Å². The van der Waals surface area contributed by atoms with Gasteiger partial charge < -0.3 is 14.2 Å². The molecule has 0 bridgehead atoms. The normalized spacial score (nSPS) is 23.0. The van der Waals surface area contributed by atoms with Crippen molar-refractivity contribution in [1.82, 2.24) is 9.88 Å². The molecule has 0 aromatic carbocycles. The summed E-state index contributed by atoms with van der Waals surface area (Å²) in [5.74, 6) is 2.28. The highest BCUT2D eigenvalue weighted by Gasteiger charge is 2.47. The van der Waals surface area contributed by atoms with E-state index in [9.17, 15) is 4.79 Å². The number of amides is 1. The van der Waals surface area contributed by atoms with E-state index in [4.69, 9.17) is 9.68 Å². The van der Waals surface area contributed by atoms with Gasteiger partial charge in [-0.1, -0.05) is 0 Å².